The third-order valence-corrected chi connectivity index (χ3v) is 3.21. The number of halogens is 1. The second kappa shape index (κ2) is 4.12. The summed E-state index contributed by atoms with van der Waals surface area (Å²) in [7, 11) is 0. The molecule has 1 fully saturated rings. The number of H-pyrrole nitrogens is 1. The van der Waals surface area contributed by atoms with Crippen LogP contribution in [0.15, 0.2) is 11.1 Å². The van der Waals surface area contributed by atoms with Crippen LogP contribution in [0.25, 0.3) is 11.2 Å². The van der Waals surface area contributed by atoms with E-state index >= 15 is 0 Å². The van der Waals surface area contributed by atoms with Crippen LogP contribution in [-0.4, -0.2) is 32.2 Å². The second-order valence-electron chi connectivity index (χ2n) is 4.04. The highest BCUT2D eigenvalue weighted by Crippen LogP contribution is 2.18. The summed E-state index contributed by atoms with van der Waals surface area (Å²) < 4.78 is 7.06. The van der Waals surface area contributed by atoms with E-state index in [9.17, 15) is 4.79 Å². The largest absolute Gasteiger partial charge is 0.376 e. The SMILES string of the molecule is O=c1[nH]c2c(Cl)ncnc2n1CC1CCCO1. The van der Waals surface area contributed by atoms with Crippen molar-refractivity contribution in [3.8, 4) is 0 Å². The molecule has 7 heteroatoms. The molecule has 6 nitrogen and oxygen atoms in total. The minimum Gasteiger partial charge on any atom is -0.376 e. The Morgan fingerprint density at radius 1 is 1.59 bits per heavy atom. The van der Waals surface area contributed by atoms with Crippen LogP contribution in [-0.2, 0) is 11.3 Å². The van der Waals surface area contributed by atoms with Gasteiger partial charge in [-0.1, -0.05) is 11.6 Å². The molecule has 1 atom stereocenters. The van der Waals surface area contributed by atoms with Gasteiger partial charge in [-0.2, -0.15) is 0 Å². The van der Waals surface area contributed by atoms with E-state index < -0.39 is 0 Å². The van der Waals surface area contributed by atoms with Crippen molar-refractivity contribution in [3.63, 3.8) is 0 Å². The molecule has 0 amide bonds. The van der Waals surface area contributed by atoms with Gasteiger partial charge in [-0.3, -0.25) is 4.57 Å². The van der Waals surface area contributed by atoms with Crippen molar-refractivity contribution < 1.29 is 4.74 Å². The van der Waals surface area contributed by atoms with Gasteiger partial charge in [0.25, 0.3) is 0 Å². The summed E-state index contributed by atoms with van der Waals surface area (Å²) in [5.74, 6) is 0. The molecule has 3 rings (SSSR count). The molecule has 0 aliphatic carbocycles. The third kappa shape index (κ3) is 1.83. The number of nitrogens with one attached hydrogen (secondary N) is 1. The predicted octanol–water partition coefficient (Wildman–Crippen LogP) is 0.952. The molecule has 90 valence electrons. The van der Waals surface area contributed by atoms with Crippen LogP contribution in [0.2, 0.25) is 5.15 Å². The molecule has 1 unspecified atom stereocenters. The summed E-state index contributed by atoms with van der Waals surface area (Å²) in [4.78, 5) is 22.4. The first-order chi connectivity index (χ1) is 8.25. The van der Waals surface area contributed by atoms with E-state index in [1.54, 1.807) is 4.57 Å². The number of hydrogen-bond acceptors (Lipinski definition) is 4. The lowest BCUT2D eigenvalue weighted by molar-refractivity contribution is 0.0970. The van der Waals surface area contributed by atoms with E-state index in [2.05, 4.69) is 15.0 Å². The molecule has 0 radical (unpaired) electrons. The quantitative estimate of drug-likeness (QED) is 0.810. The van der Waals surface area contributed by atoms with Gasteiger partial charge in [0.15, 0.2) is 10.8 Å². The number of ether oxygens (including phenoxy) is 1. The summed E-state index contributed by atoms with van der Waals surface area (Å²) in [6, 6.07) is 0. The fourth-order valence-electron chi connectivity index (χ4n) is 2.10. The van der Waals surface area contributed by atoms with Crippen LogP contribution in [0.1, 0.15) is 12.8 Å². The zero-order valence-corrected chi connectivity index (χ0v) is 9.78. The van der Waals surface area contributed by atoms with Crippen LogP contribution >= 0.6 is 11.6 Å². The van der Waals surface area contributed by atoms with Crippen molar-refractivity contribution in [2.45, 2.75) is 25.5 Å². The van der Waals surface area contributed by atoms with Gasteiger partial charge in [0.1, 0.15) is 11.8 Å². The molecule has 1 N–H and O–H groups in total. The van der Waals surface area contributed by atoms with Gasteiger partial charge in [-0.15, -0.1) is 0 Å². The normalized spacial score (nSPS) is 20.2. The Bertz CT molecular complexity index is 600. The highest BCUT2D eigenvalue weighted by molar-refractivity contribution is 6.33. The number of fused-ring (bicyclic) bond motifs is 1. The number of nitrogens with zero attached hydrogens (tertiary/aromatic N) is 3. The lowest BCUT2D eigenvalue weighted by Crippen LogP contribution is -2.24. The predicted molar refractivity (Wildman–Crippen MR) is 62.1 cm³/mol. The Labute approximate surface area is 102 Å². The summed E-state index contributed by atoms with van der Waals surface area (Å²) in [5.41, 5.74) is 0.792. The number of imidazole rings is 1. The zero-order chi connectivity index (χ0) is 11.8. The van der Waals surface area contributed by atoms with E-state index in [0.717, 1.165) is 19.4 Å². The van der Waals surface area contributed by atoms with Crippen LogP contribution in [0.3, 0.4) is 0 Å². The molecular weight excluding hydrogens is 244 g/mol. The Hall–Kier alpha value is -1.40. The van der Waals surface area contributed by atoms with E-state index in [4.69, 9.17) is 16.3 Å². The molecule has 3 heterocycles. The Morgan fingerprint density at radius 2 is 2.47 bits per heavy atom. The van der Waals surface area contributed by atoms with Crippen LogP contribution in [0.4, 0.5) is 0 Å². The average Bonchev–Trinajstić information content (AvgIpc) is 2.91. The maximum Gasteiger partial charge on any atom is 0.327 e. The van der Waals surface area contributed by atoms with Gasteiger partial charge in [-0.05, 0) is 12.8 Å². The summed E-state index contributed by atoms with van der Waals surface area (Å²) in [5, 5.41) is 0.262. The second-order valence-corrected chi connectivity index (χ2v) is 4.40. The molecular formula is C10H11ClN4O2. The Morgan fingerprint density at radius 3 is 3.24 bits per heavy atom. The van der Waals surface area contributed by atoms with Gasteiger partial charge >= 0.3 is 5.69 Å². The first kappa shape index (κ1) is 10.7. The molecule has 2 aromatic rings. The van der Waals surface area contributed by atoms with E-state index in [1.165, 1.54) is 6.33 Å². The van der Waals surface area contributed by atoms with E-state index in [0.29, 0.717) is 17.7 Å². The molecule has 0 aromatic carbocycles. The van der Waals surface area contributed by atoms with Gasteiger partial charge < -0.3 is 9.72 Å². The van der Waals surface area contributed by atoms with E-state index in [-0.39, 0.29) is 16.9 Å². The number of aromatic amines is 1. The Balaban J connectivity index is 2.06. The van der Waals surface area contributed by atoms with Gasteiger partial charge in [-0.25, -0.2) is 14.8 Å². The lowest BCUT2D eigenvalue weighted by atomic mass is 10.2. The first-order valence-corrected chi connectivity index (χ1v) is 5.84. The van der Waals surface area contributed by atoms with Crippen LogP contribution in [0, 0.1) is 0 Å². The van der Waals surface area contributed by atoms with Crippen molar-refractivity contribution in [3.05, 3.63) is 22.0 Å². The maximum absolute atomic E-state index is 11.8. The van der Waals surface area contributed by atoms with Crippen molar-refractivity contribution in [1.29, 1.82) is 0 Å². The first-order valence-electron chi connectivity index (χ1n) is 5.46. The number of rotatable bonds is 2. The topological polar surface area (TPSA) is 72.8 Å². The molecule has 1 aliphatic heterocycles. The van der Waals surface area contributed by atoms with Gasteiger partial charge in [0, 0.05) is 6.61 Å². The van der Waals surface area contributed by atoms with Crippen molar-refractivity contribution >= 4 is 22.8 Å². The van der Waals surface area contributed by atoms with Crippen molar-refractivity contribution in [1.82, 2.24) is 19.5 Å². The molecule has 1 saturated heterocycles. The zero-order valence-electron chi connectivity index (χ0n) is 9.02. The van der Waals surface area contributed by atoms with Crippen LogP contribution < -0.4 is 5.69 Å². The molecule has 0 bridgehead atoms. The lowest BCUT2D eigenvalue weighted by Gasteiger charge is -2.09. The highest BCUT2D eigenvalue weighted by Gasteiger charge is 2.19. The minimum atomic E-state index is -0.224. The van der Waals surface area contributed by atoms with Gasteiger partial charge in [0.05, 0.1) is 12.6 Å². The van der Waals surface area contributed by atoms with Crippen molar-refractivity contribution in [2.75, 3.05) is 6.61 Å². The summed E-state index contributed by atoms with van der Waals surface area (Å²) >= 11 is 5.89. The maximum atomic E-state index is 11.8. The number of aromatic nitrogens is 4. The molecule has 17 heavy (non-hydrogen) atoms. The van der Waals surface area contributed by atoms with E-state index in [1.807, 2.05) is 0 Å². The average molecular weight is 255 g/mol. The standard InChI is InChI=1S/C10H11ClN4O2/c11-8-7-9(13-5-12-8)15(10(16)14-7)4-6-2-1-3-17-6/h5-6H,1-4H2,(H,14,16). The fourth-order valence-corrected chi connectivity index (χ4v) is 2.28. The summed E-state index contributed by atoms with van der Waals surface area (Å²) in [6.07, 6.45) is 3.44. The Kier molecular flexibility index (Phi) is 2.60. The fraction of sp³-hybridized carbons (Fsp3) is 0.500. The molecule has 0 saturated carbocycles. The third-order valence-electron chi connectivity index (χ3n) is 2.92. The van der Waals surface area contributed by atoms with Crippen molar-refractivity contribution in [2.24, 2.45) is 0 Å². The monoisotopic (exact) mass is 254 g/mol. The number of hydrogen-bond donors (Lipinski definition) is 1. The molecule has 0 spiro atoms. The summed E-state index contributed by atoms with van der Waals surface area (Å²) in [6.45, 7) is 1.27. The van der Waals surface area contributed by atoms with Gasteiger partial charge in [0.2, 0.25) is 0 Å². The molecule has 2 aromatic heterocycles. The van der Waals surface area contributed by atoms with Crippen LogP contribution in [0.5, 0.6) is 0 Å². The highest BCUT2D eigenvalue weighted by atomic mass is 35.5. The smallest absolute Gasteiger partial charge is 0.327 e. The molecule has 1 aliphatic rings. The minimum absolute atomic E-state index is 0.0837.